The summed E-state index contributed by atoms with van der Waals surface area (Å²) in [6.45, 7) is 11.6. The van der Waals surface area contributed by atoms with Gasteiger partial charge in [-0.25, -0.2) is 0 Å². The summed E-state index contributed by atoms with van der Waals surface area (Å²) in [4.78, 5) is 2.56. The van der Waals surface area contributed by atoms with Crippen LogP contribution in [0.1, 0.15) is 34.1 Å². The molecule has 1 heterocycles. The van der Waals surface area contributed by atoms with Gasteiger partial charge >= 0.3 is 0 Å². The molecular weight excluding hydrogens is 148 g/mol. The van der Waals surface area contributed by atoms with Crippen molar-refractivity contribution in [1.29, 1.82) is 0 Å². The Kier molecular flexibility index (Phi) is 3.53. The minimum atomic E-state index is 0.643. The molecule has 2 atom stereocenters. The second-order valence-electron chi connectivity index (χ2n) is 4.35. The van der Waals surface area contributed by atoms with E-state index in [2.05, 4.69) is 37.9 Å². The maximum atomic E-state index is 3.58. The van der Waals surface area contributed by atoms with Crippen LogP contribution >= 0.6 is 0 Å². The van der Waals surface area contributed by atoms with E-state index in [4.69, 9.17) is 0 Å². The first-order valence-electron chi connectivity index (χ1n) is 5.09. The molecule has 1 fully saturated rings. The summed E-state index contributed by atoms with van der Waals surface area (Å²) in [5.41, 5.74) is 0. The van der Waals surface area contributed by atoms with Gasteiger partial charge in [-0.05, 0) is 40.7 Å². The van der Waals surface area contributed by atoms with E-state index in [1.807, 2.05) is 0 Å². The molecule has 2 heteroatoms. The van der Waals surface area contributed by atoms with Crippen molar-refractivity contribution in [2.75, 3.05) is 13.1 Å². The van der Waals surface area contributed by atoms with Crippen molar-refractivity contribution in [2.24, 2.45) is 0 Å². The molecule has 1 aliphatic rings. The summed E-state index contributed by atoms with van der Waals surface area (Å²) >= 11 is 0. The molecule has 12 heavy (non-hydrogen) atoms. The topological polar surface area (TPSA) is 15.3 Å². The third-order valence-electron chi connectivity index (χ3n) is 2.66. The van der Waals surface area contributed by atoms with Crippen LogP contribution in [0.15, 0.2) is 0 Å². The van der Waals surface area contributed by atoms with Gasteiger partial charge in [-0.1, -0.05) is 0 Å². The fourth-order valence-corrected chi connectivity index (χ4v) is 1.89. The molecule has 0 saturated carbocycles. The van der Waals surface area contributed by atoms with E-state index in [1.165, 1.54) is 19.5 Å². The van der Waals surface area contributed by atoms with Crippen molar-refractivity contribution in [3.05, 3.63) is 0 Å². The van der Waals surface area contributed by atoms with Crippen molar-refractivity contribution >= 4 is 0 Å². The molecular formula is C10H22N2. The Hall–Kier alpha value is -0.0800. The summed E-state index contributed by atoms with van der Waals surface area (Å²) in [6, 6.07) is 2.02. The van der Waals surface area contributed by atoms with Crippen LogP contribution in [0.3, 0.4) is 0 Å². The summed E-state index contributed by atoms with van der Waals surface area (Å²) in [5.74, 6) is 0. The van der Waals surface area contributed by atoms with Crippen LogP contribution in [0, 0.1) is 0 Å². The molecule has 0 amide bonds. The van der Waals surface area contributed by atoms with Crippen LogP contribution in [0.25, 0.3) is 0 Å². The van der Waals surface area contributed by atoms with Crippen molar-refractivity contribution in [2.45, 2.75) is 52.2 Å². The summed E-state index contributed by atoms with van der Waals surface area (Å²) in [7, 11) is 0. The van der Waals surface area contributed by atoms with Crippen molar-refractivity contribution in [1.82, 2.24) is 10.2 Å². The van der Waals surface area contributed by atoms with Gasteiger partial charge < -0.3 is 5.32 Å². The second-order valence-corrected chi connectivity index (χ2v) is 4.35. The highest BCUT2D eigenvalue weighted by Gasteiger charge is 2.19. The van der Waals surface area contributed by atoms with Gasteiger partial charge in [0.05, 0.1) is 0 Å². The molecule has 0 aromatic heterocycles. The van der Waals surface area contributed by atoms with E-state index in [0.717, 1.165) is 0 Å². The molecule has 72 valence electrons. The van der Waals surface area contributed by atoms with Crippen LogP contribution in [-0.4, -0.2) is 36.1 Å². The molecule has 0 spiro atoms. The number of hydrogen-bond donors (Lipinski definition) is 1. The highest BCUT2D eigenvalue weighted by atomic mass is 15.2. The first kappa shape index (κ1) is 10.0. The van der Waals surface area contributed by atoms with E-state index in [0.29, 0.717) is 18.1 Å². The highest BCUT2D eigenvalue weighted by Crippen LogP contribution is 2.08. The molecule has 0 aromatic rings. The second kappa shape index (κ2) is 4.24. The monoisotopic (exact) mass is 170 g/mol. The van der Waals surface area contributed by atoms with Crippen LogP contribution in [0.5, 0.6) is 0 Å². The molecule has 0 radical (unpaired) electrons. The number of rotatable bonds is 1. The van der Waals surface area contributed by atoms with Crippen molar-refractivity contribution in [3.8, 4) is 0 Å². The van der Waals surface area contributed by atoms with Crippen LogP contribution in [-0.2, 0) is 0 Å². The molecule has 1 saturated heterocycles. The Bertz CT molecular complexity index is 134. The Morgan fingerprint density at radius 1 is 1.25 bits per heavy atom. The van der Waals surface area contributed by atoms with Gasteiger partial charge in [0.1, 0.15) is 0 Å². The zero-order valence-corrected chi connectivity index (χ0v) is 8.80. The predicted octanol–water partition coefficient (Wildman–Crippen LogP) is 1.47. The number of nitrogens with zero attached hydrogens (tertiary/aromatic N) is 1. The quantitative estimate of drug-likeness (QED) is 0.641. The van der Waals surface area contributed by atoms with E-state index in [-0.39, 0.29) is 0 Å². The van der Waals surface area contributed by atoms with E-state index in [9.17, 15) is 0 Å². The number of nitrogens with one attached hydrogen (secondary N) is 1. The Labute approximate surface area is 76.3 Å². The van der Waals surface area contributed by atoms with Crippen LogP contribution in [0.2, 0.25) is 0 Å². The lowest BCUT2D eigenvalue weighted by molar-refractivity contribution is 0.221. The summed E-state index contributed by atoms with van der Waals surface area (Å²) in [6.07, 6.45) is 1.28. The summed E-state index contributed by atoms with van der Waals surface area (Å²) < 4.78 is 0. The van der Waals surface area contributed by atoms with E-state index >= 15 is 0 Å². The molecule has 2 unspecified atom stereocenters. The molecule has 0 bridgehead atoms. The Morgan fingerprint density at radius 3 is 2.50 bits per heavy atom. The van der Waals surface area contributed by atoms with Crippen molar-refractivity contribution < 1.29 is 0 Å². The van der Waals surface area contributed by atoms with E-state index < -0.39 is 0 Å². The molecule has 0 aromatic carbocycles. The predicted molar refractivity (Wildman–Crippen MR) is 53.4 cm³/mol. The third-order valence-corrected chi connectivity index (χ3v) is 2.66. The number of hydrogen-bond acceptors (Lipinski definition) is 2. The minimum Gasteiger partial charge on any atom is -0.310 e. The largest absolute Gasteiger partial charge is 0.310 e. The fourth-order valence-electron chi connectivity index (χ4n) is 1.89. The maximum absolute atomic E-state index is 3.58. The molecule has 0 aliphatic carbocycles. The lowest BCUT2D eigenvalue weighted by Crippen LogP contribution is -2.40. The Morgan fingerprint density at radius 2 is 1.92 bits per heavy atom. The normalized spacial score (nSPS) is 33.8. The fraction of sp³-hybridized carbons (Fsp3) is 1.00. The van der Waals surface area contributed by atoms with Crippen LogP contribution in [0.4, 0.5) is 0 Å². The van der Waals surface area contributed by atoms with Crippen molar-refractivity contribution in [3.63, 3.8) is 0 Å². The van der Waals surface area contributed by atoms with Gasteiger partial charge in [-0.2, -0.15) is 0 Å². The zero-order valence-electron chi connectivity index (χ0n) is 8.80. The van der Waals surface area contributed by atoms with Gasteiger partial charge in [0, 0.05) is 24.7 Å². The van der Waals surface area contributed by atoms with Gasteiger partial charge in [-0.15, -0.1) is 0 Å². The van der Waals surface area contributed by atoms with Gasteiger partial charge in [0.15, 0.2) is 0 Å². The smallest absolute Gasteiger partial charge is 0.0169 e. The maximum Gasteiger partial charge on any atom is 0.0169 e. The lowest BCUT2D eigenvalue weighted by atomic mass is 10.2. The zero-order chi connectivity index (χ0) is 9.14. The third kappa shape index (κ3) is 2.76. The minimum absolute atomic E-state index is 0.643. The van der Waals surface area contributed by atoms with Crippen LogP contribution < -0.4 is 5.32 Å². The van der Waals surface area contributed by atoms with Gasteiger partial charge in [-0.3, -0.25) is 4.90 Å². The van der Waals surface area contributed by atoms with Gasteiger partial charge in [0.2, 0.25) is 0 Å². The summed E-state index contributed by atoms with van der Waals surface area (Å²) in [5, 5.41) is 3.58. The average Bonchev–Trinajstić information content (AvgIpc) is 2.11. The molecule has 1 rings (SSSR count). The first-order chi connectivity index (χ1) is 5.59. The van der Waals surface area contributed by atoms with Gasteiger partial charge in [0.25, 0.3) is 0 Å². The standard InChI is InChI=1S/C10H22N2/c1-8(2)12-6-5-9(3)11-10(4)7-12/h8-11H,5-7H2,1-4H3. The average molecular weight is 170 g/mol. The lowest BCUT2D eigenvalue weighted by Gasteiger charge is -2.26. The van der Waals surface area contributed by atoms with E-state index in [1.54, 1.807) is 0 Å². The first-order valence-corrected chi connectivity index (χ1v) is 5.09. The molecule has 1 aliphatic heterocycles. The SMILES string of the molecule is CC1CCN(C(C)C)CC(C)N1. The molecule has 2 nitrogen and oxygen atoms in total. The Balaban J connectivity index is 2.46. The highest BCUT2D eigenvalue weighted by molar-refractivity contribution is 4.79. The molecule has 1 N–H and O–H groups in total.